The molecule has 330 valence electrons. The van der Waals surface area contributed by atoms with Gasteiger partial charge in [-0.15, -0.1) is 0 Å². The van der Waals surface area contributed by atoms with Crippen LogP contribution in [-0.2, 0) is 0 Å². The van der Waals surface area contributed by atoms with Crippen LogP contribution in [0.25, 0.3) is 132 Å². The molecule has 0 aliphatic heterocycles. The molecule has 3 heterocycles. The second kappa shape index (κ2) is 16.2. The molecule has 0 spiro atoms. The van der Waals surface area contributed by atoms with Crippen LogP contribution in [0, 0.1) is 6.57 Å². The molecule has 4 nitrogen and oxygen atoms in total. The Hall–Kier alpha value is -9.69. The van der Waals surface area contributed by atoms with E-state index in [1.807, 2.05) is 0 Å². The van der Waals surface area contributed by atoms with E-state index >= 15 is 0 Å². The number of nitrogens with zero attached hydrogens (tertiary/aromatic N) is 4. The third kappa shape index (κ3) is 6.38. The Bertz CT molecular complexity index is 4230. The lowest BCUT2D eigenvalue weighted by atomic mass is 10.0. The summed E-state index contributed by atoms with van der Waals surface area (Å²) in [5, 5.41) is 6.63. The maximum atomic E-state index is 9.49. The molecule has 14 rings (SSSR count). The molecule has 0 amide bonds. The van der Waals surface area contributed by atoms with Gasteiger partial charge in [-0.1, -0.05) is 182 Å². The van der Waals surface area contributed by atoms with Gasteiger partial charge in [-0.2, -0.15) is 0 Å². The van der Waals surface area contributed by atoms with Gasteiger partial charge in [0.15, 0.2) is 0 Å². The van der Waals surface area contributed by atoms with E-state index in [1.165, 1.54) is 0 Å². The van der Waals surface area contributed by atoms with Crippen LogP contribution >= 0.6 is 0 Å². The molecule has 0 fully saturated rings. The van der Waals surface area contributed by atoms with E-state index in [9.17, 15) is 6.57 Å². The predicted octanol–water partition coefficient (Wildman–Crippen LogP) is 18.2. The Morgan fingerprint density at radius 2 is 0.620 bits per heavy atom. The first-order valence-electron chi connectivity index (χ1n) is 24.1. The van der Waals surface area contributed by atoms with Gasteiger partial charge in [0.05, 0.1) is 51.0 Å². The molecule has 3 aromatic heterocycles. The first kappa shape index (κ1) is 40.4. The number of aromatic nitrogens is 3. The van der Waals surface area contributed by atoms with Gasteiger partial charge in [0.25, 0.3) is 0 Å². The molecule has 4 heteroatoms. The van der Waals surface area contributed by atoms with Crippen molar-refractivity contribution in [2.24, 2.45) is 0 Å². The molecule has 0 aliphatic rings. The molecule has 0 atom stereocenters. The van der Waals surface area contributed by atoms with Gasteiger partial charge in [-0.05, 0) is 123 Å². The van der Waals surface area contributed by atoms with Crippen LogP contribution in [-0.4, -0.2) is 13.7 Å². The van der Waals surface area contributed by atoms with Crippen LogP contribution < -0.4 is 0 Å². The van der Waals surface area contributed by atoms with Crippen LogP contribution in [0.1, 0.15) is 0 Å². The van der Waals surface area contributed by atoms with E-state index in [-0.39, 0.29) is 0 Å². The van der Waals surface area contributed by atoms with Crippen molar-refractivity contribution in [3.63, 3.8) is 0 Å². The minimum absolute atomic E-state index is 0.576. The van der Waals surface area contributed by atoms with Crippen molar-refractivity contribution in [1.82, 2.24) is 13.7 Å². The van der Waals surface area contributed by atoms with Gasteiger partial charge >= 0.3 is 0 Å². The van der Waals surface area contributed by atoms with Crippen molar-refractivity contribution in [2.45, 2.75) is 0 Å². The fourth-order valence-corrected chi connectivity index (χ4v) is 11.2. The lowest BCUT2D eigenvalue weighted by Gasteiger charge is -2.21. The van der Waals surface area contributed by atoms with Crippen molar-refractivity contribution in [3.05, 3.63) is 266 Å². The highest BCUT2D eigenvalue weighted by Crippen LogP contribution is 2.49. The molecular formula is C67H42N4. The van der Waals surface area contributed by atoms with Crippen molar-refractivity contribution in [1.29, 1.82) is 0 Å². The summed E-state index contributed by atoms with van der Waals surface area (Å²) in [6.45, 7) is 9.49. The second-order valence-corrected chi connectivity index (χ2v) is 18.4. The fourth-order valence-electron chi connectivity index (χ4n) is 11.2. The molecule has 14 aromatic rings. The Morgan fingerprint density at radius 1 is 0.268 bits per heavy atom. The lowest BCUT2D eigenvalue weighted by Crippen LogP contribution is -2.05. The Balaban J connectivity index is 1.17. The fraction of sp³-hybridized carbons (Fsp3) is 0. The molecular weight excluding hydrogens is 861 g/mol. The van der Waals surface area contributed by atoms with E-state index in [2.05, 4.69) is 268 Å². The Kier molecular flexibility index (Phi) is 9.23. The zero-order valence-corrected chi connectivity index (χ0v) is 38.5. The number of rotatable bonds is 7. The Morgan fingerprint density at radius 3 is 1.03 bits per heavy atom. The Labute approximate surface area is 410 Å². The number of benzene rings is 11. The van der Waals surface area contributed by atoms with Gasteiger partial charge in [0, 0.05) is 32.6 Å². The average Bonchev–Trinajstić information content (AvgIpc) is 4.08. The molecule has 0 saturated carbocycles. The maximum absolute atomic E-state index is 9.49. The summed E-state index contributed by atoms with van der Waals surface area (Å²) in [6.07, 6.45) is 0. The van der Waals surface area contributed by atoms with E-state index in [4.69, 9.17) is 4.85 Å². The molecule has 0 bridgehead atoms. The van der Waals surface area contributed by atoms with Gasteiger partial charge in [0.2, 0.25) is 5.69 Å². The van der Waals surface area contributed by atoms with E-state index < -0.39 is 0 Å². The lowest BCUT2D eigenvalue weighted by molar-refractivity contribution is 1.10. The van der Waals surface area contributed by atoms with Crippen molar-refractivity contribution in [2.75, 3.05) is 0 Å². The summed E-state index contributed by atoms with van der Waals surface area (Å²) in [7, 11) is 0. The summed E-state index contributed by atoms with van der Waals surface area (Å²) in [6, 6.07) is 91.4. The SMILES string of the molecule is [C-]#[N+]c1c(-n2c3ccc(-c4ccccc4)cc3c3cc(-c4ccccc4)ccc32)c(-n2c3ccc(-c4ccccc4)cc3c3cc(-c4ccccc4)ccc32)cc2c3ccccc3n(-c3ccccc3)c12. The minimum Gasteiger partial charge on any atom is -0.319 e. The quantitative estimate of drug-likeness (QED) is 0.142. The van der Waals surface area contributed by atoms with Gasteiger partial charge in [-0.3, -0.25) is 0 Å². The van der Waals surface area contributed by atoms with Crippen LogP contribution in [0.2, 0.25) is 0 Å². The van der Waals surface area contributed by atoms with Gasteiger partial charge in [-0.25, -0.2) is 4.85 Å². The standard InChI is InChI=1S/C67H42N4/c1-68-65-66-58(53-29-17-18-30-59(53)69(66)52-27-15-6-16-28-52)43-64(70-60-35-31-48(44-19-7-2-8-20-44)39-54(60)55-40-49(32-36-61(55)70)45-21-9-3-10-22-45)67(65)71-62-37-33-50(46-23-11-4-12-24-46)41-56(62)57-42-51(34-38-63(57)71)47-25-13-5-14-26-47/h2-43H. The molecule has 11 aromatic carbocycles. The summed E-state index contributed by atoms with van der Waals surface area (Å²) in [4.78, 5) is 4.71. The third-order valence-electron chi connectivity index (χ3n) is 14.4. The molecule has 0 saturated heterocycles. The summed E-state index contributed by atoms with van der Waals surface area (Å²) < 4.78 is 7.11. The molecule has 0 radical (unpaired) electrons. The summed E-state index contributed by atoms with van der Waals surface area (Å²) >= 11 is 0. The first-order chi connectivity index (χ1) is 35.2. The summed E-state index contributed by atoms with van der Waals surface area (Å²) in [5.74, 6) is 0. The topological polar surface area (TPSA) is 19.1 Å². The number of hydrogen-bond acceptors (Lipinski definition) is 0. The maximum Gasteiger partial charge on any atom is 0.236 e. The third-order valence-corrected chi connectivity index (χ3v) is 14.4. The molecule has 0 N–H and O–H groups in total. The minimum atomic E-state index is 0.576. The largest absolute Gasteiger partial charge is 0.319 e. The van der Waals surface area contributed by atoms with Crippen molar-refractivity contribution < 1.29 is 0 Å². The van der Waals surface area contributed by atoms with E-state index in [0.717, 1.165) is 127 Å². The molecule has 71 heavy (non-hydrogen) atoms. The van der Waals surface area contributed by atoms with Crippen molar-refractivity contribution in [3.8, 4) is 61.6 Å². The van der Waals surface area contributed by atoms with Crippen LogP contribution in [0.3, 0.4) is 0 Å². The zero-order chi connectivity index (χ0) is 47.0. The van der Waals surface area contributed by atoms with Gasteiger partial charge < -0.3 is 13.7 Å². The molecule has 0 aliphatic carbocycles. The highest BCUT2D eigenvalue weighted by Gasteiger charge is 2.28. The number of hydrogen-bond donors (Lipinski definition) is 0. The van der Waals surface area contributed by atoms with E-state index in [0.29, 0.717) is 5.69 Å². The van der Waals surface area contributed by atoms with E-state index in [1.54, 1.807) is 0 Å². The normalized spacial score (nSPS) is 11.6. The van der Waals surface area contributed by atoms with Crippen molar-refractivity contribution >= 4 is 71.1 Å². The second-order valence-electron chi connectivity index (χ2n) is 18.4. The molecule has 0 unspecified atom stereocenters. The van der Waals surface area contributed by atoms with Crippen LogP contribution in [0.4, 0.5) is 5.69 Å². The van der Waals surface area contributed by atoms with Crippen LogP contribution in [0.5, 0.6) is 0 Å². The number of para-hydroxylation sites is 2. The monoisotopic (exact) mass is 902 g/mol. The average molecular weight is 903 g/mol. The number of fused-ring (bicyclic) bond motifs is 9. The highest BCUT2D eigenvalue weighted by molar-refractivity contribution is 6.20. The van der Waals surface area contributed by atoms with Gasteiger partial charge in [0.1, 0.15) is 0 Å². The first-order valence-corrected chi connectivity index (χ1v) is 24.1. The summed E-state index contributed by atoms with van der Waals surface area (Å²) in [5.41, 5.74) is 18.6. The zero-order valence-electron chi connectivity index (χ0n) is 38.5. The smallest absolute Gasteiger partial charge is 0.236 e. The van der Waals surface area contributed by atoms with Crippen LogP contribution in [0.15, 0.2) is 255 Å². The highest BCUT2D eigenvalue weighted by atomic mass is 15.1. The predicted molar refractivity (Wildman–Crippen MR) is 297 cm³/mol.